The summed E-state index contributed by atoms with van der Waals surface area (Å²) in [7, 11) is 0. The average Bonchev–Trinajstić information content (AvgIpc) is 3.37. The summed E-state index contributed by atoms with van der Waals surface area (Å²) >= 11 is 0. The van der Waals surface area contributed by atoms with Crippen molar-refractivity contribution in [1.29, 1.82) is 0 Å². The summed E-state index contributed by atoms with van der Waals surface area (Å²) in [5, 5.41) is 19.8. The van der Waals surface area contributed by atoms with Gasteiger partial charge in [-0.2, -0.15) is 0 Å². The third-order valence-electron chi connectivity index (χ3n) is 9.92. The van der Waals surface area contributed by atoms with E-state index in [0.29, 0.717) is 12.8 Å². The fourth-order valence-corrected chi connectivity index (χ4v) is 7.04. The van der Waals surface area contributed by atoms with Crippen LogP contribution in [0.3, 0.4) is 0 Å². The Morgan fingerprint density at radius 1 is 0.938 bits per heavy atom. The van der Waals surface area contributed by atoms with Gasteiger partial charge < -0.3 is 30.2 Å². The number of aliphatic carboxylic acids is 1. The number of carbonyl (C=O) groups is 4. The van der Waals surface area contributed by atoms with Gasteiger partial charge in [-0.1, -0.05) is 84.7 Å². The molecule has 254 valence electrons. The molecule has 2 aromatic rings. The Kier molecular flexibility index (Phi) is 10.4. The lowest BCUT2D eigenvalue weighted by molar-refractivity contribution is -0.145. The number of alkyl carbamates (subject to hydrolysis) is 1. The lowest BCUT2D eigenvalue weighted by Gasteiger charge is -2.29. The van der Waals surface area contributed by atoms with Crippen molar-refractivity contribution in [2.75, 3.05) is 6.54 Å². The Morgan fingerprint density at radius 2 is 1.67 bits per heavy atom. The third-order valence-corrected chi connectivity index (χ3v) is 9.92. The van der Waals surface area contributed by atoms with Crippen LogP contribution in [0.5, 0.6) is 0 Å². The van der Waals surface area contributed by atoms with Gasteiger partial charge in [0.2, 0.25) is 11.8 Å². The van der Waals surface area contributed by atoms with Crippen molar-refractivity contribution in [1.82, 2.24) is 15.5 Å². The van der Waals surface area contributed by atoms with Crippen molar-refractivity contribution in [2.45, 2.75) is 100 Å². The number of benzene rings is 2. The molecule has 3 fully saturated rings. The van der Waals surface area contributed by atoms with Crippen LogP contribution < -0.4 is 10.6 Å². The van der Waals surface area contributed by atoms with E-state index in [1.54, 1.807) is 6.21 Å². The van der Waals surface area contributed by atoms with Crippen LogP contribution in [0, 0.1) is 5.92 Å². The smallest absolute Gasteiger partial charge is 0.408 e. The van der Waals surface area contributed by atoms with Crippen LogP contribution in [-0.2, 0) is 24.0 Å². The fourth-order valence-electron chi connectivity index (χ4n) is 7.04. The van der Waals surface area contributed by atoms with E-state index in [9.17, 15) is 24.3 Å². The summed E-state index contributed by atoms with van der Waals surface area (Å²) < 4.78 is 5.61. The predicted octanol–water partition coefficient (Wildman–Crippen LogP) is 5.19. The number of amides is 3. The minimum absolute atomic E-state index is 0.0560. The first-order valence-electron chi connectivity index (χ1n) is 17.2. The normalized spacial score (nSPS) is 28.8. The Bertz CT molecular complexity index is 1520. The number of hydrogen-bond acceptors (Lipinski definition) is 7. The zero-order valence-corrected chi connectivity index (χ0v) is 27.1. The molecule has 1 unspecified atom stereocenters. The van der Waals surface area contributed by atoms with Crippen molar-refractivity contribution in [3.63, 3.8) is 0 Å². The number of rotatable bonds is 7. The Hall–Kier alpha value is -4.67. The monoisotopic (exact) mass is 656 g/mol. The molecule has 0 aromatic heterocycles. The molecule has 3 N–H and O–H groups in total. The summed E-state index contributed by atoms with van der Waals surface area (Å²) in [6, 6.07) is 16.0. The van der Waals surface area contributed by atoms with Crippen molar-refractivity contribution in [3.05, 3.63) is 72.3 Å². The quantitative estimate of drug-likeness (QED) is 0.211. The molecule has 1 saturated heterocycles. The molecule has 11 nitrogen and oxygen atoms in total. The van der Waals surface area contributed by atoms with Crippen molar-refractivity contribution in [2.24, 2.45) is 11.1 Å². The number of ether oxygens (including phenoxy) is 1. The standard InChI is InChI=1S/C37H44N4O7/c42-33-32-21-30(48-38-23-25-17-19-27(20-18-25)26-11-5-4-6-12-26)24-41(32)34(43)31(39-36(46)47-29-14-9-10-15-29)16-8-3-1-2-7-13-28-22-37(28,40-33)35(44)45/h4-7,11-13,17-20,23,28-32H,1-3,8-10,14-16,21-22,24H2,(H,39,46)(H,40,42)(H,44,45)/b13-7-,38-23+/t28?,30-,31+,32+,37-/m1/s1. The molecule has 0 radical (unpaired) electrons. The molecule has 2 aliphatic carbocycles. The second kappa shape index (κ2) is 15.0. The fraction of sp³-hybridized carbons (Fsp3) is 0.486. The van der Waals surface area contributed by atoms with Gasteiger partial charge in [0, 0.05) is 12.3 Å². The maximum Gasteiger partial charge on any atom is 0.408 e. The van der Waals surface area contributed by atoms with E-state index < -0.39 is 47.6 Å². The summed E-state index contributed by atoms with van der Waals surface area (Å²) in [6.07, 6.45) is 11.6. The van der Waals surface area contributed by atoms with Crippen LogP contribution in [0.4, 0.5) is 4.79 Å². The molecular formula is C37H44N4O7. The highest BCUT2D eigenvalue weighted by molar-refractivity contribution is 5.96. The number of hydrogen-bond donors (Lipinski definition) is 3. The highest BCUT2D eigenvalue weighted by atomic mass is 16.6. The highest BCUT2D eigenvalue weighted by Crippen LogP contribution is 2.45. The van der Waals surface area contributed by atoms with E-state index >= 15 is 0 Å². The lowest BCUT2D eigenvalue weighted by atomic mass is 10.0. The number of nitrogens with zero attached hydrogens (tertiary/aromatic N) is 2. The van der Waals surface area contributed by atoms with Gasteiger partial charge in [0.15, 0.2) is 0 Å². The second-order valence-electron chi connectivity index (χ2n) is 13.3. The van der Waals surface area contributed by atoms with Gasteiger partial charge in [-0.25, -0.2) is 9.59 Å². The molecule has 2 saturated carbocycles. The van der Waals surface area contributed by atoms with Crippen LogP contribution in [-0.4, -0.2) is 76.5 Å². The summed E-state index contributed by atoms with van der Waals surface area (Å²) in [4.78, 5) is 60.4. The van der Waals surface area contributed by atoms with E-state index in [4.69, 9.17) is 9.57 Å². The van der Waals surface area contributed by atoms with Gasteiger partial charge in [-0.15, -0.1) is 0 Å². The van der Waals surface area contributed by atoms with Gasteiger partial charge in [-0.3, -0.25) is 9.59 Å². The number of allylic oxidation sites excluding steroid dienone is 1. The van der Waals surface area contributed by atoms with E-state index in [-0.39, 0.29) is 31.4 Å². The molecule has 2 heterocycles. The first-order valence-corrected chi connectivity index (χ1v) is 17.2. The molecule has 3 amide bonds. The number of fused-ring (bicyclic) bond motifs is 2. The van der Waals surface area contributed by atoms with Crippen LogP contribution in [0.15, 0.2) is 71.9 Å². The second-order valence-corrected chi connectivity index (χ2v) is 13.3. The van der Waals surface area contributed by atoms with E-state index in [0.717, 1.165) is 61.6 Å². The highest BCUT2D eigenvalue weighted by Gasteiger charge is 2.61. The van der Waals surface area contributed by atoms with Gasteiger partial charge in [-0.05, 0) is 68.1 Å². The van der Waals surface area contributed by atoms with Crippen LogP contribution in [0.1, 0.15) is 76.2 Å². The summed E-state index contributed by atoms with van der Waals surface area (Å²) in [5.41, 5.74) is 1.58. The molecule has 48 heavy (non-hydrogen) atoms. The zero-order chi connectivity index (χ0) is 33.5. The molecule has 0 spiro atoms. The Labute approximate surface area is 280 Å². The van der Waals surface area contributed by atoms with Crippen molar-refractivity contribution >= 4 is 30.1 Å². The average molecular weight is 657 g/mol. The predicted molar refractivity (Wildman–Crippen MR) is 179 cm³/mol. The number of carboxylic acid groups (broad SMARTS) is 1. The molecule has 2 aliphatic heterocycles. The number of carboxylic acids is 1. The van der Waals surface area contributed by atoms with E-state index in [1.165, 1.54) is 4.90 Å². The molecule has 11 heteroatoms. The van der Waals surface area contributed by atoms with Crippen LogP contribution >= 0.6 is 0 Å². The largest absolute Gasteiger partial charge is 0.479 e. The van der Waals surface area contributed by atoms with Crippen LogP contribution in [0.2, 0.25) is 0 Å². The molecular weight excluding hydrogens is 612 g/mol. The van der Waals surface area contributed by atoms with E-state index in [1.807, 2.05) is 66.7 Å². The van der Waals surface area contributed by atoms with Crippen molar-refractivity contribution < 1.29 is 33.9 Å². The molecule has 0 bridgehead atoms. The van der Waals surface area contributed by atoms with E-state index in [2.05, 4.69) is 15.8 Å². The first kappa shape index (κ1) is 33.2. The molecule has 4 aliphatic rings. The maximum absolute atomic E-state index is 14.1. The minimum Gasteiger partial charge on any atom is -0.479 e. The first-order chi connectivity index (χ1) is 23.3. The lowest BCUT2D eigenvalue weighted by Crippen LogP contribution is -2.56. The Morgan fingerprint density at radius 3 is 2.42 bits per heavy atom. The van der Waals surface area contributed by atoms with Gasteiger partial charge in [0.25, 0.3) is 0 Å². The van der Waals surface area contributed by atoms with Gasteiger partial charge >= 0.3 is 12.1 Å². The molecule has 2 aromatic carbocycles. The third kappa shape index (κ3) is 7.89. The molecule has 5 atom stereocenters. The number of nitrogens with one attached hydrogen (secondary N) is 2. The number of carbonyl (C=O) groups excluding carboxylic acids is 3. The minimum atomic E-state index is -1.41. The maximum atomic E-state index is 14.1. The zero-order valence-electron chi connectivity index (χ0n) is 27.1. The van der Waals surface area contributed by atoms with Gasteiger partial charge in [0.1, 0.15) is 29.8 Å². The van der Waals surface area contributed by atoms with Crippen molar-refractivity contribution in [3.8, 4) is 11.1 Å². The summed E-state index contributed by atoms with van der Waals surface area (Å²) in [6.45, 7) is 0.0560. The van der Waals surface area contributed by atoms with Gasteiger partial charge in [0.05, 0.1) is 12.8 Å². The van der Waals surface area contributed by atoms with Crippen LogP contribution in [0.25, 0.3) is 11.1 Å². The Balaban J connectivity index is 1.18. The summed E-state index contributed by atoms with van der Waals surface area (Å²) in [5.74, 6) is -2.40. The SMILES string of the molecule is O=C(N[C@H]1CCCCC/C=C\C2C[C@@]2(C(=O)O)NC(=O)[C@@H]2C[C@@H](O/N=C/c3ccc(-c4ccccc4)cc3)CN2C1=O)OC1CCCC1. The molecule has 6 rings (SSSR count). The topological polar surface area (TPSA) is 147 Å². The number of oxime groups is 1.